The Labute approximate surface area is 199 Å². The minimum absolute atomic E-state index is 0.359. The summed E-state index contributed by atoms with van der Waals surface area (Å²) in [5.41, 5.74) is 15.4. The number of aromatic nitrogens is 3. The lowest BCUT2D eigenvalue weighted by atomic mass is 9.88. The molecule has 0 atom stereocenters. The van der Waals surface area contributed by atoms with Crippen molar-refractivity contribution >= 4 is 16.9 Å². The quantitative estimate of drug-likeness (QED) is 0.458. The van der Waals surface area contributed by atoms with E-state index >= 15 is 0 Å². The van der Waals surface area contributed by atoms with Gasteiger partial charge in [0.25, 0.3) is 0 Å². The Hall–Kier alpha value is -3.42. The third-order valence-corrected chi connectivity index (χ3v) is 7.30. The Kier molecular flexibility index (Phi) is 5.43. The Morgan fingerprint density at radius 2 is 1.50 bits per heavy atom. The second-order valence-electron chi connectivity index (χ2n) is 9.52. The Bertz CT molecular complexity index is 1270. The van der Waals surface area contributed by atoms with Crippen molar-refractivity contribution in [3.05, 3.63) is 67.1 Å². The van der Waals surface area contributed by atoms with Gasteiger partial charge in [0, 0.05) is 43.0 Å². The molecule has 4 N–H and O–H groups in total. The molecule has 0 amide bonds. The topological polar surface area (TPSA) is 95.2 Å². The lowest BCUT2D eigenvalue weighted by Crippen LogP contribution is -2.59. The number of para-hydroxylation sites is 1. The third-order valence-electron chi connectivity index (χ3n) is 7.30. The molecule has 0 spiro atoms. The molecule has 0 unspecified atom stereocenters. The van der Waals surface area contributed by atoms with Crippen molar-refractivity contribution < 1.29 is 4.74 Å². The average molecular weight is 455 g/mol. The molecule has 1 saturated carbocycles. The van der Waals surface area contributed by atoms with Gasteiger partial charge in [-0.25, -0.2) is 9.97 Å². The second-order valence-corrected chi connectivity index (χ2v) is 9.52. The monoisotopic (exact) mass is 454 g/mol. The first kappa shape index (κ1) is 21.1. The van der Waals surface area contributed by atoms with Crippen LogP contribution in [0.1, 0.15) is 31.7 Å². The van der Waals surface area contributed by atoms with Crippen LogP contribution in [-0.2, 0) is 0 Å². The Morgan fingerprint density at radius 3 is 2.21 bits per heavy atom. The molecule has 3 heterocycles. The van der Waals surface area contributed by atoms with Gasteiger partial charge >= 0.3 is 0 Å². The predicted molar refractivity (Wildman–Crippen MR) is 135 cm³/mol. The van der Waals surface area contributed by atoms with Crippen LogP contribution in [0.3, 0.4) is 0 Å². The van der Waals surface area contributed by atoms with E-state index in [9.17, 15) is 0 Å². The summed E-state index contributed by atoms with van der Waals surface area (Å²) in [5.74, 6) is 2.14. The van der Waals surface area contributed by atoms with Crippen molar-refractivity contribution in [1.82, 2.24) is 19.4 Å². The minimum atomic E-state index is 0.359. The van der Waals surface area contributed by atoms with Crippen LogP contribution >= 0.6 is 0 Å². The van der Waals surface area contributed by atoms with Gasteiger partial charge in [0.1, 0.15) is 29.3 Å². The average Bonchev–Trinajstić information content (AvgIpc) is 3.24. The molecule has 1 aliphatic carbocycles. The molecule has 0 bridgehead atoms. The van der Waals surface area contributed by atoms with E-state index in [4.69, 9.17) is 16.2 Å². The first-order chi connectivity index (χ1) is 16.7. The molecule has 2 fully saturated rings. The number of hydrogen-bond acceptors (Lipinski definition) is 6. The molecule has 174 valence electrons. The highest BCUT2D eigenvalue weighted by atomic mass is 16.5. The molecule has 7 nitrogen and oxygen atoms in total. The summed E-state index contributed by atoms with van der Waals surface area (Å²) in [6.07, 6.45) is 8.44. The van der Waals surface area contributed by atoms with Gasteiger partial charge in [0.05, 0.1) is 5.39 Å². The van der Waals surface area contributed by atoms with Crippen LogP contribution in [0.25, 0.3) is 22.2 Å². The van der Waals surface area contributed by atoms with E-state index in [2.05, 4.69) is 37.8 Å². The van der Waals surface area contributed by atoms with Crippen molar-refractivity contribution in [3.8, 4) is 22.6 Å². The first-order valence-electron chi connectivity index (χ1n) is 12.1. The van der Waals surface area contributed by atoms with Crippen LogP contribution in [-0.4, -0.2) is 44.6 Å². The smallest absolute Gasteiger partial charge is 0.146 e. The predicted octanol–water partition coefficient (Wildman–Crippen LogP) is 4.60. The molecule has 4 aromatic rings. The van der Waals surface area contributed by atoms with Crippen molar-refractivity contribution in [2.45, 2.75) is 43.8 Å². The van der Waals surface area contributed by atoms with E-state index in [0.29, 0.717) is 23.9 Å². The van der Waals surface area contributed by atoms with Crippen LogP contribution in [0.2, 0.25) is 0 Å². The zero-order valence-corrected chi connectivity index (χ0v) is 19.2. The molecule has 2 aliphatic rings. The van der Waals surface area contributed by atoms with Gasteiger partial charge in [0.2, 0.25) is 0 Å². The summed E-state index contributed by atoms with van der Waals surface area (Å²) < 4.78 is 8.29. The van der Waals surface area contributed by atoms with Gasteiger partial charge in [-0.3, -0.25) is 4.90 Å². The van der Waals surface area contributed by atoms with E-state index in [-0.39, 0.29) is 0 Å². The largest absolute Gasteiger partial charge is 0.457 e. The fraction of sp³-hybridized carbons (Fsp3) is 0.333. The number of ether oxygens (including phenoxy) is 1. The first-order valence-corrected chi connectivity index (χ1v) is 12.1. The summed E-state index contributed by atoms with van der Waals surface area (Å²) in [5, 5.41) is 0.926. The fourth-order valence-corrected chi connectivity index (χ4v) is 5.48. The number of anilines is 1. The number of likely N-dealkylation sites (tertiary alicyclic amines) is 1. The number of hydrogen-bond donors (Lipinski definition) is 2. The second kappa shape index (κ2) is 8.74. The number of benzene rings is 2. The summed E-state index contributed by atoms with van der Waals surface area (Å²) in [7, 11) is 0. The van der Waals surface area contributed by atoms with Gasteiger partial charge in [-0.15, -0.1) is 0 Å². The molecule has 1 saturated heterocycles. The van der Waals surface area contributed by atoms with Crippen molar-refractivity contribution in [1.29, 1.82) is 0 Å². The lowest BCUT2D eigenvalue weighted by Gasteiger charge is -2.45. The zero-order valence-electron chi connectivity index (χ0n) is 19.2. The van der Waals surface area contributed by atoms with Crippen LogP contribution < -0.4 is 16.2 Å². The van der Waals surface area contributed by atoms with Crippen LogP contribution in [0.15, 0.2) is 67.1 Å². The molecular formula is C27H30N6O. The number of rotatable bonds is 5. The standard InChI is InChI=1S/C27H30N6O/c28-19-14-32(15-19)20-8-10-21(11-9-20)33-16-24(25-26(29)30-17-31-27(25)33)18-6-12-23(13-7-18)34-22-4-2-1-3-5-22/h1-7,12-13,16-17,19-21H,8-11,14-15,28H2,(H2,29,30,31). The minimum Gasteiger partial charge on any atom is -0.457 e. The third kappa shape index (κ3) is 3.91. The summed E-state index contributed by atoms with van der Waals surface area (Å²) in [6.45, 7) is 2.08. The summed E-state index contributed by atoms with van der Waals surface area (Å²) >= 11 is 0. The maximum atomic E-state index is 6.36. The Balaban J connectivity index is 1.27. The highest BCUT2D eigenvalue weighted by Crippen LogP contribution is 2.39. The van der Waals surface area contributed by atoms with E-state index in [0.717, 1.165) is 59.6 Å². The van der Waals surface area contributed by atoms with Crippen LogP contribution in [0.4, 0.5) is 5.82 Å². The van der Waals surface area contributed by atoms with E-state index in [1.807, 2.05) is 42.5 Å². The van der Waals surface area contributed by atoms with Crippen molar-refractivity contribution in [3.63, 3.8) is 0 Å². The molecule has 2 aromatic carbocycles. The molecule has 0 radical (unpaired) electrons. The van der Waals surface area contributed by atoms with Crippen LogP contribution in [0.5, 0.6) is 11.5 Å². The van der Waals surface area contributed by atoms with Gasteiger partial charge in [-0.05, 0) is 55.5 Å². The van der Waals surface area contributed by atoms with E-state index < -0.39 is 0 Å². The van der Waals surface area contributed by atoms with Crippen molar-refractivity contribution in [2.75, 3.05) is 18.8 Å². The van der Waals surface area contributed by atoms with Gasteiger partial charge < -0.3 is 20.8 Å². The molecule has 2 aromatic heterocycles. The summed E-state index contributed by atoms with van der Waals surface area (Å²) in [6, 6.07) is 19.4. The molecule has 6 rings (SSSR count). The molecule has 34 heavy (non-hydrogen) atoms. The highest BCUT2D eigenvalue weighted by molar-refractivity contribution is 6.00. The van der Waals surface area contributed by atoms with Gasteiger partial charge in [-0.2, -0.15) is 0 Å². The van der Waals surface area contributed by atoms with Crippen LogP contribution in [0, 0.1) is 0 Å². The summed E-state index contributed by atoms with van der Waals surface area (Å²) in [4.78, 5) is 11.5. The van der Waals surface area contributed by atoms with E-state index in [1.54, 1.807) is 6.33 Å². The van der Waals surface area contributed by atoms with E-state index in [1.165, 1.54) is 12.8 Å². The van der Waals surface area contributed by atoms with Gasteiger partial charge in [0.15, 0.2) is 0 Å². The molecule has 1 aliphatic heterocycles. The fourth-order valence-electron chi connectivity index (χ4n) is 5.48. The van der Waals surface area contributed by atoms with Gasteiger partial charge in [-0.1, -0.05) is 30.3 Å². The molecular weight excluding hydrogens is 424 g/mol. The van der Waals surface area contributed by atoms with Crippen molar-refractivity contribution in [2.24, 2.45) is 5.73 Å². The maximum Gasteiger partial charge on any atom is 0.146 e. The normalized spacial score (nSPS) is 21.4. The Morgan fingerprint density at radius 1 is 0.824 bits per heavy atom. The zero-order chi connectivity index (χ0) is 23.1. The number of fused-ring (bicyclic) bond motifs is 1. The highest BCUT2D eigenvalue weighted by Gasteiger charge is 2.33. The number of nitrogen functional groups attached to an aromatic ring is 1. The molecule has 7 heteroatoms. The number of nitrogens with zero attached hydrogens (tertiary/aromatic N) is 4. The number of nitrogens with two attached hydrogens (primary N) is 2. The lowest BCUT2D eigenvalue weighted by molar-refractivity contribution is 0.0628. The SMILES string of the molecule is Nc1ncnc2c1c(-c1ccc(Oc3ccccc3)cc1)cn2C1CCC(N2CC(N)C2)CC1. The maximum absolute atomic E-state index is 6.36.